The largest absolute Gasteiger partial charge is 0.375 e. The first-order valence-electron chi connectivity index (χ1n) is 5.49. The van der Waals surface area contributed by atoms with Gasteiger partial charge >= 0.3 is 0 Å². The molecule has 4 nitrogen and oxygen atoms in total. The highest BCUT2D eigenvalue weighted by Crippen LogP contribution is 2.24. The van der Waals surface area contributed by atoms with Crippen LogP contribution in [0.1, 0.15) is 19.4 Å². The van der Waals surface area contributed by atoms with Crippen LogP contribution in [0.3, 0.4) is 0 Å². The van der Waals surface area contributed by atoms with Gasteiger partial charge in [-0.25, -0.2) is 4.98 Å². The molecule has 0 atom stereocenters. The van der Waals surface area contributed by atoms with Gasteiger partial charge in [0.1, 0.15) is 0 Å². The highest BCUT2D eigenvalue weighted by molar-refractivity contribution is 7.22. The number of carbonyl (C=O) groups excluding carboxylic acids is 1. The van der Waals surface area contributed by atoms with E-state index in [0.717, 1.165) is 15.8 Å². The van der Waals surface area contributed by atoms with Gasteiger partial charge in [-0.05, 0) is 17.7 Å². The van der Waals surface area contributed by atoms with Crippen LogP contribution in [-0.2, 0) is 11.3 Å². The molecule has 2 rings (SSSR count). The van der Waals surface area contributed by atoms with Gasteiger partial charge in [0.2, 0.25) is 5.91 Å². The molecule has 0 saturated carbocycles. The van der Waals surface area contributed by atoms with Gasteiger partial charge in [0.25, 0.3) is 0 Å². The molecule has 3 N–H and O–H groups in total. The number of benzene rings is 1. The fraction of sp³-hybridized carbons (Fsp3) is 0.333. The molecule has 1 aromatic carbocycles. The Bertz CT molecular complexity index is 548. The number of nitrogens with one attached hydrogen (secondary N) is 1. The summed E-state index contributed by atoms with van der Waals surface area (Å²) in [6.07, 6.45) is 0. The number of aromatic nitrogens is 1. The number of fused-ring (bicyclic) bond motifs is 1. The van der Waals surface area contributed by atoms with Gasteiger partial charge in [0.15, 0.2) is 5.13 Å². The van der Waals surface area contributed by atoms with Crippen LogP contribution in [-0.4, -0.2) is 10.9 Å². The summed E-state index contributed by atoms with van der Waals surface area (Å²) in [6.45, 7) is 4.30. The molecule has 0 spiro atoms. The van der Waals surface area contributed by atoms with Gasteiger partial charge in [-0.3, -0.25) is 4.79 Å². The lowest BCUT2D eigenvalue weighted by Gasteiger charge is -2.07. The Balaban J connectivity index is 2.11. The number of nitrogen functional groups attached to an aromatic ring is 1. The summed E-state index contributed by atoms with van der Waals surface area (Å²) < 4.78 is 1.05. The lowest BCUT2D eigenvalue weighted by atomic mass is 10.2. The van der Waals surface area contributed by atoms with E-state index in [1.165, 1.54) is 11.3 Å². The molecule has 0 saturated heterocycles. The van der Waals surface area contributed by atoms with Gasteiger partial charge in [-0.15, -0.1) is 0 Å². The van der Waals surface area contributed by atoms with Gasteiger partial charge in [-0.1, -0.05) is 31.3 Å². The maximum absolute atomic E-state index is 11.4. The highest BCUT2D eigenvalue weighted by atomic mass is 32.1. The first-order valence-corrected chi connectivity index (χ1v) is 6.30. The zero-order valence-electron chi connectivity index (χ0n) is 9.86. The molecular weight excluding hydrogens is 234 g/mol. The predicted octanol–water partition coefficient (Wildman–Crippen LogP) is 2.15. The summed E-state index contributed by atoms with van der Waals surface area (Å²) in [7, 11) is 0. The van der Waals surface area contributed by atoms with Crippen molar-refractivity contribution < 1.29 is 4.79 Å². The molecule has 2 aromatic rings. The molecule has 90 valence electrons. The summed E-state index contributed by atoms with van der Waals surface area (Å²) in [5, 5.41) is 3.46. The van der Waals surface area contributed by atoms with Crippen molar-refractivity contribution in [3.8, 4) is 0 Å². The monoisotopic (exact) mass is 249 g/mol. The molecular formula is C12H15N3OS. The molecule has 0 aliphatic carbocycles. The van der Waals surface area contributed by atoms with Gasteiger partial charge in [0, 0.05) is 12.5 Å². The van der Waals surface area contributed by atoms with E-state index in [0.29, 0.717) is 11.7 Å². The number of carbonyl (C=O) groups is 1. The molecule has 17 heavy (non-hydrogen) atoms. The number of hydrogen-bond acceptors (Lipinski definition) is 4. The number of thiazole rings is 1. The van der Waals surface area contributed by atoms with Crippen molar-refractivity contribution in [3.05, 3.63) is 23.8 Å². The van der Waals surface area contributed by atoms with Crippen LogP contribution in [0, 0.1) is 5.92 Å². The van der Waals surface area contributed by atoms with Crippen LogP contribution in [0.15, 0.2) is 18.2 Å². The summed E-state index contributed by atoms with van der Waals surface area (Å²) >= 11 is 1.46. The van der Waals surface area contributed by atoms with Crippen LogP contribution in [0.5, 0.6) is 0 Å². The molecule has 0 fully saturated rings. The number of rotatable bonds is 3. The van der Waals surface area contributed by atoms with Gasteiger partial charge in [-0.2, -0.15) is 0 Å². The zero-order valence-corrected chi connectivity index (χ0v) is 10.7. The van der Waals surface area contributed by atoms with Crippen molar-refractivity contribution in [2.24, 2.45) is 5.92 Å². The average Bonchev–Trinajstić information content (AvgIpc) is 2.64. The maximum atomic E-state index is 11.4. The Kier molecular flexibility index (Phi) is 3.28. The topological polar surface area (TPSA) is 68.0 Å². The van der Waals surface area contributed by atoms with E-state index in [1.807, 2.05) is 32.0 Å². The van der Waals surface area contributed by atoms with Crippen LogP contribution < -0.4 is 11.1 Å². The molecule has 5 heteroatoms. The average molecular weight is 249 g/mol. The number of nitrogens with two attached hydrogens (primary N) is 1. The van der Waals surface area contributed by atoms with Crippen LogP contribution >= 0.6 is 11.3 Å². The van der Waals surface area contributed by atoms with Crippen LogP contribution in [0.2, 0.25) is 0 Å². The Morgan fingerprint density at radius 2 is 2.29 bits per heavy atom. The number of anilines is 1. The van der Waals surface area contributed by atoms with Crippen molar-refractivity contribution >= 4 is 32.6 Å². The molecule has 1 aromatic heterocycles. The lowest BCUT2D eigenvalue weighted by Crippen LogP contribution is -2.27. The van der Waals surface area contributed by atoms with Gasteiger partial charge in [0.05, 0.1) is 10.2 Å². The minimum absolute atomic E-state index is 0.0118. The standard InChI is InChI=1S/C12H15N3OS/c1-7(2)11(16)14-6-8-3-4-9-10(5-8)17-12(13)15-9/h3-5,7H,6H2,1-2H3,(H2,13,15)(H,14,16). The third-order valence-corrected chi connectivity index (χ3v) is 3.31. The lowest BCUT2D eigenvalue weighted by molar-refractivity contribution is -0.124. The number of nitrogens with zero attached hydrogens (tertiary/aromatic N) is 1. The van der Waals surface area contributed by atoms with E-state index in [9.17, 15) is 4.79 Å². The van der Waals surface area contributed by atoms with Crippen molar-refractivity contribution in [1.29, 1.82) is 0 Å². The summed E-state index contributed by atoms with van der Waals surface area (Å²) in [6, 6.07) is 5.91. The molecule has 0 radical (unpaired) electrons. The molecule has 1 heterocycles. The van der Waals surface area contributed by atoms with Crippen molar-refractivity contribution in [2.45, 2.75) is 20.4 Å². The maximum Gasteiger partial charge on any atom is 0.222 e. The van der Waals surface area contributed by atoms with Crippen molar-refractivity contribution in [3.63, 3.8) is 0 Å². The fourth-order valence-corrected chi connectivity index (χ4v) is 2.29. The van der Waals surface area contributed by atoms with Gasteiger partial charge < -0.3 is 11.1 Å². The van der Waals surface area contributed by atoms with E-state index in [-0.39, 0.29) is 11.8 Å². The SMILES string of the molecule is CC(C)C(=O)NCc1ccc2nc(N)sc2c1. The third-order valence-electron chi connectivity index (χ3n) is 2.46. The predicted molar refractivity (Wildman–Crippen MR) is 70.7 cm³/mol. The molecule has 0 bridgehead atoms. The molecule has 1 amide bonds. The summed E-state index contributed by atoms with van der Waals surface area (Å²) in [5.74, 6) is 0.0756. The van der Waals surface area contributed by atoms with Crippen LogP contribution in [0.4, 0.5) is 5.13 Å². The minimum atomic E-state index is 0.0118. The smallest absolute Gasteiger partial charge is 0.222 e. The Hall–Kier alpha value is -1.62. The Morgan fingerprint density at radius 3 is 3.00 bits per heavy atom. The van der Waals surface area contributed by atoms with E-state index >= 15 is 0 Å². The summed E-state index contributed by atoms with van der Waals surface area (Å²) in [5.41, 5.74) is 7.61. The first kappa shape index (κ1) is 11.9. The first-order chi connectivity index (χ1) is 8.06. The van der Waals surface area contributed by atoms with E-state index in [2.05, 4.69) is 10.3 Å². The Morgan fingerprint density at radius 1 is 1.53 bits per heavy atom. The highest BCUT2D eigenvalue weighted by Gasteiger charge is 2.07. The third kappa shape index (κ3) is 2.74. The van der Waals surface area contributed by atoms with E-state index in [4.69, 9.17) is 5.73 Å². The number of amides is 1. The second-order valence-corrected chi connectivity index (χ2v) is 5.29. The molecule has 0 unspecified atom stereocenters. The quantitative estimate of drug-likeness (QED) is 0.875. The minimum Gasteiger partial charge on any atom is -0.375 e. The normalized spacial score (nSPS) is 11.0. The van der Waals surface area contributed by atoms with Crippen molar-refractivity contribution in [2.75, 3.05) is 5.73 Å². The second-order valence-electron chi connectivity index (χ2n) is 4.23. The number of hydrogen-bond donors (Lipinski definition) is 2. The zero-order chi connectivity index (χ0) is 12.4. The molecule has 0 aliphatic rings. The van der Waals surface area contributed by atoms with E-state index < -0.39 is 0 Å². The Labute approximate surface area is 104 Å². The fourth-order valence-electron chi connectivity index (χ4n) is 1.49. The van der Waals surface area contributed by atoms with Crippen LogP contribution in [0.25, 0.3) is 10.2 Å². The second kappa shape index (κ2) is 4.71. The van der Waals surface area contributed by atoms with Crippen molar-refractivity contribution in [1.82, 2.24) is 10.3 Å². The molecule has 0 aliphatic heterocycles. The van der Waals surface area contributed by atoms with E-state index in [1.54, 1.807) is 0 Å². The summed E-state index contributed by atoms with van der Waals surface area (Å²) in [4.78, 5) is 15.6.